The first-order valence-corrected chi connectivity index (χ1v) is 7.79. The lowest BCUT2D eigenvalue weighted by Gasteiger charge is -2.07. The Morgan fingerprint density at radius 1 is 1.10 bits per heavy atom. The van der Waals surface area contributed by atoms with Crippen LogP contribution in [0.2, 0.25) is 0 Å². The highest BCUT2D eigenvalue weighted by Crippen LogP contribution is 2.17. The van der Waals surface area contributed by atoms with E-state index in [2.05, 4.69) is 16.9 Å². The quantitative estimate of drug-likeness (QED) is 0.508. The van der Waals surface area contributed by atoms with Gasteiger partial charge in [0.05, 0.1) is 18.7 Å². The first-order chi connectivity index (χ1) is 10.3. The Bertz CT molecular complexity index is 479. The molecule has 0 spiro atoms. The Labute approximate surface area is 126 Å². The summed E-state index contributed by atoms with van der Waals surface area (Å²) in [5, 5.41) is 3.75. The third-order valence-electron chi connectivity index (χ3n) is 3.52. The van der Waals surface area contributed by atoms with E-state index in [0.29, 0.717) is 5.71 Å². The van der Waals surface area contributed by atoms with Crippen molar-refractivity contribution < 1.29 is 14.4 Å². The van der Waals surface area contributed by atoms with Gasteiger partial charge in [0.15, 0.2) is 0 Å². The molecule has 2 rings (SSSR count). The molecule has 0 bridgehead atoms. The summed E-state index contributed by atoms with van der Waals surface area (Å²) in [5.74, 6) is 0.562. The van der Waals surface area contributed by atoms with E-state index in [0.717, 1.165) is 24.3 Å². The maximum atomic E-state index is 11.0. The summed E-state index contributed by atoms with van der Waals surface area (Å²) in [5.41, 5.74) is 1.59. The third-order valence-corrected chi connectivity index (χ3v) is 3.52. The molecule has 0 fully saturated rings. The SMILES string of the molecule is CCCCCCCCOc1ccc(C2=NOC(=O)C2)cc1. The second-order valence-corrected chi connectivity index (χ2v) is 5.32. The highest BCUT2D eigenvalue weighted by Gasteiger charge is 2.18. The van der Waals surface area contributed by atoms with Gasteiger partial charge in [-0.15, -0.1) is 0 Å². The van der Waals surface area contributed by atoms with Crippen LogP contribution in [0.4, 0.5) is 0 Å². The largest absolute Gasteiger partial charge is 0.494 e. The minimum absolute atomic E-state index is 0.248. The number of hydrogen-bond acceptors (Lipinski definition) is 4. The summed E-state index contributed by atoms with van der Waals surface area (Å²) in [4.78, 5) is 15.6. The minimum atomic E-state index is -0.298. The predicted molar refractivity (Wildman–Crippen MR) is 82.6 cm³/mol. The number of ether oxygens (including phenoxy) is 1. The smallest absolute Gasteiger partial charge is 0.341 e. The molecule has 0 amide bonds. The van der Waals surface area contributed by atoms with Crippen LogP contribution in [-0.4, -0.2) is 18.3 Å². The molecule has 0 saturated heterocycles. The standard InChI is InChI=1S/C17H23NO3/c1-2-3-4-5-6-7-12-20-15-10-8-14(9-11-15)16-13-17(19)21-18-16/h8-11H,2-7,12-13H2,1H3. The molecular formula is C17H23NO3. The number of carbonyl (C=O) groups is 1. The molecule has 1 heterocycles. The van der Waals surface area contributed by atoms with Gasteiger partial charge in [-0.3, -0.25) is 0 Å². The van der Waals surface area contributed by atoms with Crippen molar-refractivity contribution in [2.24, 2.45) is 5.16 Å². The van der Waals surface area contributed by atoms with E-state index in [1.807, 2.05) is 24.3 Å². The van der Waals surface area contributed by atoms with Crippen LogP contribution in [0.1, 0.15) is 57.4 Å². The van der Waals surface area contributed by atoms with Gasteiger partial charge in [0.2, 0.25) is 0 Å². The van der Waals surface area contributed by atoms with Gasteiger partial charge < -0.3 is 9.57 Å². The van der Waals surface area contributed by atoms with E-state index >= 15 is 0 Å². The van der Waals surface area contributed by atoms with Gasteiger partial charge >= 0.3 is 5.97 Å². The van der Waals surface area contributed by atoms with E-state index in [1.165, 1.54) is 32.1 Å². The average molecular weight is 289 g/mol. The molecule has 21 heavy (non-hydrogen) atoms. The zero-order valence-electron chi connectivity index (χ0n) is 12.6. The van der Waals surface area contributed by atoms with Crippen molar-refractivity contribution in [1.82, 2.24) is 0 Å². The zero-order chi connectivity index (χ0) is 14.9. The second-order valence-electron chi connectivity index (χ2n) is 5.32. The zero-order valence-corrected chi connectivity index (χ0v) is 12.6. The van der Waals surface area contributed by atoms with E-state index in [-0.39, 0.29) is 12.4 Å². The van der Waals surface area contributed by atoms with Gasteiger partial charge in [-0.05, 0) is 30.7 Å². The number of oxime groups is 1. The Hall–Kier alpha value is -1.84. The molecule has 0 aromatic heterocycles. The lowest BCUT2D eigenvalue weighted by molar-refractivity contribution is -0.140. The fraction of sp³-hybridized carbons (Fsp3) is 0.529. The van der Waals surface area contributed by atoms with Gasteiger partial charge in [-0.1, -0.05) is 44.2 Å². The van der Waals surface area contributed by atoms with Crippen molar-refractivity contribution >= 4 is 11.7 Å². The van der Waals surface area contributed by atoms with Crippen LogP contribution in [0.25, 0.3) is 0 Å². The molecule has 0 aliphatic carbocycles. The van der Waals surface area contributed by atoms with Crippen LogP contribution < -0.4 is 4.74 Å². The highest BCUT2D eigenvalue weighted by molar-refractivity contribution is 6.11. The van der Waals surface area contributed by atoms with E-state index in [1.54, 1.807) is 0 Å². The summed E-state index contributed by atoms with van der Waals surface area (Å²) in [6, 6.07) is 7.66. The van der Waals surface area contributed by atoms with Crippen LogP contribution >= 0.6 is 0 Å². The fourth-order valence-corrected chi connectivity index (χ4v) is 2.28. The Morgan fingerprint density at radius 2 is 1.81 bits per heavy atom. The molecule has 0 unspecified atom stereocenters. The van der Waals surface area contributed by atoms with Gasteiger partial charge in [-0.2, -0.15) is 0 Å². The van der Waals surface area contributed by atoms with Crippen LogP contribution in [0.5, 0.6) is 5.75 Å². The summed E-state index contributed by atoms with van der Waals surface area (Å²) in [6.45, 7) is 2.99. The summed E-state index contributed by atoms with van der Waals surface area (Å²) in [7, 11) is 0. The molecule has 0 N–H and O–H groups in total. The van der Waals surface area contributed by atoms with Crippen molar-refractivity contribution in [2.75, 3.05) is 6.61 Å². The lowest BCUT2D eigenvalue weighted by Crippen LogP contribution is -2.01. The van der Waals surface area contributed by atoms with Crippen LogP contribution in [0.15, 0.2) is 29.4 Å². The normalized spacial score (nSPS) is 14.0. The summed E-state index contributed by atoms with van der Waals surface area (Å²) >= 11 is 0. The van der Waals surface area contributed by atoms with Crippen molar-refractivity contribution in [3.05, 3.63) is 29.8 Å². The van der Waals surface area contributed by atoms with Crippen LogP contribution in [0.3, 0.4) is 0 Å². The molecule has 0 radical (unpaired) electrons. The molecule has 4 nitrogen and oxygen atoms in total. The minimum Gasteiger partial charge on any atom is -0.494 e. The fourth-order valence-electron chi connectivity index (χ4n) is 2.28. The van der Waals surface area contributed by atoms with Crippen LogP contribution in [0, 0.1) is 0 Å². The van der Waals surface area contributed by atoms with Gasteiger partial charge in [0, 0.05) is 5.56 Å². The molecule has 1 aromatic carbocycles. The van der Waals surface area contributed by atoms with Crippen molar-refractivity contribution in [3.8, 4) is 5.75 Å². The van der Waals surface area contributed by atoms with Gasteiger partial charge in [0.25, 0.3) is 0 Å². The number of nitrogens with zero attached hydrogens (tertiary/aromatic N) is 1. The topological polar surface area (TPSA) is 47.9 Å². The van der Waals surface area contributed by atoms with Crippen LogP contribution in [-0.2, 0) is 9.63 Å². The maximum Gasteiger partial charge on any atom is 0.341 e. The molecule has 0 atom stereocenters. The van der Waals surface area contributed by atoms with E-state index in [9.17, 15) is 4.79 Å². The number of benzene rings is 1. The predicted octanol–water partition coefficient (Wildman–Crippen LogP) is 4.08. The molecule has 0 saturated carbocycles. The molecule has 1 aliphatic heterocycles. The molecule has 4 heteroatoms. The number of unbranched alkanes of at least 4 members (excludes halogenated alkanes) is 5. The monoisotopic (exact) mass is 289 g/mol. The van der Waals surface area contributed by atoms with Crippen molar-refractivity contribution in [1.29, 1.82) is 0 Å². The summed E-state index contributed by atoms with van der Waals surface area (Å²) in [6.07, 6.45) is 7.81. The third kappa shape index (κ3) is 5.21. The van der Waals surface area contributed by atoms with Crippen molar-refractivity contribution in [3.63, 3.8) is 0 Å². The van der Waals surface area contributed by atoms with E-state index in [4.69, 9.17) is 4.74 Å². The Balaban J connectivity index is 1.67. The van der Waals surface area contributed by atoms with Gasteiger partial charge in [0.1, 0.15) is 5.75 Å². The molecule has 1 aromatic rings. The highest BCUT2D eigenvalue weighted by atomic mass is 16.7. The number of carbonyl (C=O) groups excluding carboxylic acids is 1. The van der Waals surface area contributed by atoms with Crippen molar-refractivity contribution in [2.45, 2.75) is 51.9 Å². The molecular weight excluding hydrogens is 266 g/mol. The molecule has 1 aliphatic rings. The first-order valence-electron chi connectivity index (χ1n) is 7.79. The Morgan fingerprint density at radius 3 is 2.48 bits per heavy atom. The molecule has 114 valence electrons. The lowest BCUT2D eigenvalue weighted by atomic mass is 10.1. The Kier molecular flexibility index (Phi) is 6.25. The summed E-state index contributed by atoms with van der Waals surface area (Å²) < 4.78 is 5.71. The first kappa shape index (κ1) is 15.5. The number of rotatable bonds is 9. The number of hydrogen-bond donors (Lipinski definition) is 0. The maximum absolute atomic E-state index is 11.0. The van der Waals surface area contributed by atoms with E-state index < -0.39 is 0 Å². The second kappa shape index (κ2) is 8.45. The average Bonchev–Trinajstić information content (AvgIpc) is 2.93. The van der Waals surface area contributed by atoms with Gasteiger partial charge in [-0.25, -0.2) is 4.79 Å².